The summed E-state index contributed by atoms with van der Waals surface area (Å²) in [6.07, 6.45) is -3.45. The van der Waals surface area contributed by atoms with Crippen molar-refractivity contribution in [2.24, 2.45) is 5.73 Å². The number of benzene rings is 1. The van der Waals surface area contributed by atoms with Crippen molar-refractivity contribution in [2.75, 3.05) is 44.2 Å². The third kappa shape index (κ3) is 3.64. The van der Waals surface area contributed by atoms with Crippen molar-refractivity contribution in [1.82, 2.24) is 4.90 Å². The second-order valence-corrected chi connectivity index (χ2v) is 4.99. The third-order valence-electron chi connectivity index (χ3n) is 3.58. The van der Waals surface area contributed by atoms with Gasteiger partial charge >= 0.3 is 6.18 Å². The van der Waals surface area contributed by atoms with Crippen molar-refractivity contribution < 1.29 is 13.2 Å². The van der Waals surface area contributed by atoms with E-state index in [-0.39, 0.29) is 5.69 Å². The molecule has 0 spiro atoms. The van der Waals surface area contributed by atoms with E-state index >= 15 is 0 Å². The van der Waals surface area contributed by atoms with Crippen LogP contribution in [0.1, 0.15) is 12.0 Å². The molecule has 6 heteroatoms. The molecule has 20 heavy (non-hydrogen) atoms. The molecular formula is C14H20F3N3. The van der Waals surface area contributed by atoms with Gasteiger partial charge in [-0.1, -0.05) is 12.1 Å². The maximum Gasteiger partial charge on any atom is 0.418 e. The van der Waals surface area contributed by atoms with E-state index in [2.05, 4.69) is 4.90 Å². The quantitative estimate of drug-likeness (QED) is 0.925. The molecule has 3 nitrogen and oxygen atoms in total. The summed E-state index contributed by atoms with van der Waals surface area (Å²) in [5.41, 5.74) is 5.27. The Hall–Kier alpha value is -1.27. The first-order chi connectivity index (χ1) is 9.52. The lowest BCUT2D eigenvalue weighted by molar-refractivity contribution is -0.137. The van der Waals surface area contributed by atoms with E-state index in [4.69, 9.17) is 5.73 Å². The fourth-order valence-corrected chi connectivity index (χ4v) is 2.61. The molecule has 0 atom stereocenters. The van der Waals surface area contributed by atoms with Gasteiger partial charge in [0.2, 0.25) is 0 Å². The zero-order chi connectivity index (χ0) is 14.6. The Bertz CT molecular complexity index is 434. The van der Waals surface area contributed by atoms with Crippen LogP contribution < -0.4 is 10.6 Å². The lowest BCUT2D eigenvalue weighted by Crippen LogP contribution is -2.34. The molecule has 1 aliphatic heterocycles. The summed E-state index contributed by atoms with van der Waals surface area (Å²) in [5, 5.41) is 0. The van der Waals surface area contributed by atoms with Gasteiger partial charge in [0.05, 0.1) is 5.56 Å². The number of para-hydroxylation sites is 1. The first-order valence-electron chi connectivity index (χ1n) is 6.86. The first kappa shape index (κ1) is 15.1. The second kappa shape index (κ2) is 6.45. The van der Waals surface area contributed by atoms with Crippen molar-refractivity contribution in [1.29, 1.82) is 0 Å². The van der Waals surface area contributed by atoms with E-state index in [1.807, 2.05) is 4.90 Å². The highest BCUT2D eigenvalue weighted by atomic mass is 19.4. The van der Waals surface area contributed by atoms with Crippen LogP contribution in [0.5, 0.6) is 0 Å². The van der Waals surface area contributed by atoms with E-state index in [0.29, 0.717) is 19.6 Å². The zero-order valence-corrected chi connectivity index (χ0v) is 11.4. The van der Waals surface area contributed by atoms with Gasteiger partial charge in [-0.25, -0.2) is 0 Å². The van der Waals surface area contributed by atoms with E-state index < -0.39 is 11.7 Å². The molecule has 2 N–H and O–H groups in total. The Balaban J connectivity index is 2.16. The molecule has 1 fully saturated rings. The van der Waals surface area contributed by atoms with Crippen LogP contribution in [0.3, 0.4) is 0 Å². The molecule has 1 aliphatic rings. The molecule has 0 radical (unpaired) electrons. The fourth-order valence-electron chi connectivity index (χ4n) is 2.61. The maximum atomic E-state index is 13.0. The van der Waals surface area contributed by atoms with Crippen LogP contribution in [-0.4, -0.2) is 44.2 Å². The van der Waals surface area contributed by atoms with Crippen LogP contribution in [0, 0.1) is 0 Å². The van der Waals surface area contributed by atoms with Crippen LogP contribution in [0.15, 0.2) is 24.3 Å². The number of nitrogens with two attached hydrogens (primary N) is 1. The molecule has 112 valence electrons. The molecule has 1 heterocycles. The predicted molar refractivity (Wildman–Crippen MR) is 73.8 cm³/mol. The summed E-state index contributed by atoms with van der Waals surface area (Å²) in [4.78, 5) is 4.04. The van der Waals surface area contributed by atoms with Crippen molar-refractivity contribution >= 4 is 5.69 Å². The Morgan fingerprint density at radius 1 is 1.05 bits per heavy atom. The smallest absolute Gasteiger partial charge is 0.370 e. The second-order valence-electron chi connectivity index (χ2n) is 4.99. The standard InChI is InChI=1S/C14H20F3N3/c15-14(16,17)12-4-1-2-5-13(12)20-8-3-7-19(9-6-18)10-11-20/h1-2,4-5H,3,6-11,18H2. The topological polar surface area (TPSA) is 32.5 Å². The Labute approximate surface area is 117 Å². The van der Waals surface area contributed by atoms with Crippen LogP contribution in [0.4, 0.5) is 18.9 Å². The van der Waals surface area contributed by atoms with Gasteiger partial charge in [-0.15, -0.1) is 0 Å². The monoisotopic (exact) mass is 287 g/mol. The summed E-state index contributed by atoms with van der Waals surface area (Å²) in [5.74, 6) is 0. The molecule has 1 aromatic carbocycles. The molecular weight excluding hydrogens is 267 g/mol. The molecule has 0 saturated carbocycles. The van der Waals surface area contributed by atoms with Crippen LogP contribution in [0.25, 0.3) is 0 Å². The SMILES string of the molecule is NCCN1CCCN(c2ccccc2C(F)(F)F)CC1. The van der Waals surface area contributed by atoms with Gasteiger partial charge in [-0.3, -0.25) is 0 Å². The zero-order valence-electron chi connectivity index (χ0n) is 11.4. The van der Waals surface area contributed by atoms with E-state index in [1.165, 1.54) is 6.07 Å². The van der Waals surface area contributed by atoms with E-state index in [9.17, 15) is 13.2 Å². The molecule has 0 aliphatic carbocycles. The molecule has 0 aromatic heterocycles. The normalized spacial score (nSPS) is 18.1. The fraction of sp³-hybridized carbons (Fsp3) is 0.571. The van der Waals surface area contributed by atoms with Gasteiger partial charge in [0.25, 0.3) is 0 Å². The average molecular weight is 287 g/mol. The molecule has 1 saturated heterocycles. The summed E-state index contributed by atoms with van der Waals surface area (Å²) in [6, 6.07) is 5.80. The van der Waals surface area contributed by atoms with Crippen LogP contribution >= 0.6 is 0 Å². The third-order valence-corrected chi connectivity index (χ3v) is 3.58. The van der Waals surface area contributed by atoms with Crippen molar-refractivity contribution in [3.63, 3.8) is 0 Å². The molecule has 0 bridgehead atoms. The van der Waals surface area contributed by atoms with Gasteiger partial charge in [-0.05, 0) is 25.1 Å². The molecule has 2 rings (SSSR count). The highest BCUT2D eigenvalue weighted by Crippen LogP contribution is 2.36. The minimum absolute atomic E-state index is 0.287. The molecule has 0 unspecified atom stereocenters. The Morgan fingerprint density at radius 3 is 2.50 bits per heavy atom. The largest absolute Gasteiger partial charge is 0.418 e. The summed E-state index contributed by atoms with van der Waals surface area (Å²) in [6.45, 7) is 4.28. The van der Waals surface area contributed by atoms with Crippen molar-refractivity contribution in [2.45, 2.75) is 12.6 Å². The highest BCUT2D eigenvalue weighted by molar-refractivity contribution is 5.55. The van der Waals surface area contributed by atoms with E-state index in [0.717, 1.165) is 32.1 Å². The lowest BCUT2D eigenvalue weighted by Gasteiger charge is -2.26. The lowest BCUT2D eigenvalue weighted by atomic mass is 10.1. The van der Waals surface area contributed by atoms with Crippen LogP contribution in [0.2, 0.25) is 0 Å². The van der Waals surface area contributed by atoms with Crippen molar-refractivity contribution in [3.05, 3.63) is 29.8 Å². The van der Waals surface area contributed by atoms with E-state index in [1.54, 1.807) is 12.1 Å². The maximum absolute atomic E-state index is 13.0. The van der Waals surface area contributed by atoms with Gasteiger partial charge in [-0.2, -0.15) is 13.2 Å². The summed E-state index contributed by atoms with van der Waals surface area (Å²) in [7, 11) is 0. The Kier molecular flexibility index (Phi) is 4.88. The van der Waals surface area contributed by atoms with Crippen LogP contribution in [-0.2, 0) is 6.18 Å². The molecule has 0 amide bonds. The number of hydrogen-bond donors (Lipinski definition) is 1. The number of hydrogen-bond acceptors (Lipinski definition) is 3. The Morgan fingerprint density at radius 2 is 1.80 bits per heavy atom. The number of anilines is 1. The number of alkyl halides is 3. The number of rotatable bonds is 3. The highest BCUT2D eigenvalue weighted by Gasteiger charge is 2.34. The van der Waals surface area contributed by atoms with Gasteiger partial charge in [0.1, 0.15) is 0 Å². The van der Waals surface area contributed by atoms with Crippen molar-refractivity contribution in [3.8, 4) is 0 Å². The van der Waals surface area contributed by atoms with Gasteiger partial charge in [0.15, 0.2) is 0 Å². The average Bonchev–Trinajstić information content (AvgIpc) is 2.64. The van der Waals surface area contributed by atoms with Gasteiger partial charge < -0.3 is 15.5 Å². The minimum atomic E-state index is -4.31. The summed E-state index contributed by atoms with van der Waals surface area (Å²) >= 11 is 0. The number of nitrogens with zero attached hydrogens (tertiary/aromatic N) is 2. The minimum Gasteiger partial charge on any atom is -0.370 e. The summed E-state index contributed by atoms with van der Waals surface area (Å²) < 4.78 is 39.1. The predicted octanol–water partition coefficient (Wildman–Crippen LogP) is 2.18. The molecule has 1 aromatic rings. The first-order valence-corrected chi connectivity index (χ1v) is 6.86. The van der Waals surface area contributed by atoms with Gasteiger partial charge in [0, 0.05) is 38.4 Å². The number of halogens is 3.